The molecule has 0 bridgehead atoms. The van der Waals surface area contributed by atoms with Crippen molar-refractivity contribution in [2.24, 2.45) is 5.92 Å². The van der Waals surface area contributed by atoms with Crippen LogP contribution in [0.25, 0.3) is 10.9 Å². The molecular formula is C22H23ClN4O7S. The molecule has 2 unspecified atom stereocenters. The summed E-state index contributed by atoms with van der Waals surface area (Å²) in [5.41, 5.74) is -0.893. The zero-order valence-electron chi connectivity index (χ0n) is 19.0. The molecular weight excluding hydrogens is 500 g/mol. The van der Waals surface area contributed by atoms with E-state index in [9.17, 15) is 23.9 Å². The topological polar surface area (TPSA) is 144 Å². The van der Waals surface area contributed by atoms with Gasteiger partial charge in [0.2, 0.25) is 0 Å². The second-order valence-electron chi connectivity index (χ2n) is 7.69. The summed E-state index contributed by atoms with van der Waals surface area (Å²) in [7, 11) is 0. The number of ether oxygens (including phenoxy) is 1. The van der Waals surface area contributed by atoms with E-state index in [-0.39, 0.29) is 45.5 Å². The molecule has 1 aromatic heterocycles. The normalized spacial score (nSPS) is 12.8. The van der Waals surface area contributed by atoms with Crippen molar-refractivity contribution in [1.82, 2.24) is 14.4 Å². The first-order valence-electron chi connectivity index (χ1n) is 10.9. The van der Waals surface area contributed by atoms with E-state index in [1.165, 1.54) is 24.3 Å². The first kappa shape index (κ1) is 26.2. The van der Waals surface area contributed by atoms with Crippen molar-refractivity contribution < 1.29 is 22.8 Å². The fraction of sp³-hybridized carbons (Fsp3) is 0.364. The zero-order chi connectivity index (χ0) is 25.5. The molecule has 3 rings (SSSR count). The monoisotopic (exact) mass is 522 g/mol. The third-order valence-electron chi connectivity index (χ3n) is 5.29. The zero-order valence-corrected chi connectivity index (χ0v) is 20.6. The molecule has 35 heavy (non-hydrogen) atoms. The largest absolute Gasteiger partial charge is 0.462 e. The van der Waals surface area contributed by atoms with Crippen LogP contribution < -0.4 is 9.74 Å². The lowest BCUT2D eigenvalue weighted by Gasteiger charge is -2.14. The van der Waals surface area contributed by atoms with Crippen LogP contribution in [0.1, 0.15) is 49.9 Å². The quantitative estimate of drug-likeness (QED) is 0.205. The van der Waals surface area contributed by atoms with E-state index in [0.717, 1.165) is 37.8 Å². The van der Waals surface area contributed by atoms with Crippen LogP contribution in [-0.4, -0.2) is 36.1 Å². The highest BCUT2D eigenvalue weighted by Crippen LogP contribution is 2.29. The number of hydrogen-bond donors (Lipinski definition) is 0. The number of aromatic nitrogens is 3. The van der Waals surface area contributed by atoms with Crippen molar-refractivity contribution in [2.75, 3.05) is 6.61 Å². The Labute approximate surface area is 207 Å². The van der Waals surface area contributed by atoms with Crippen LogP contribution in [0.3, 0.4) is 0 Å². The molecule has 3 aromatic rings. The molecule has 0 aliphatic carbocycles. The predicted octanol–water partition coefficient (Wildman–Crippen LogP) is 4.23. The first-order valence-corrected chi connectivity index (χ1v) is 12.3. The maximum absolute atomic E-state index is 12.9. The minimum absolute atomic E-state index is 0.0328. The molecule has 0 aliphatic heterocycles. The van der Waals surface area contributed by atoms with Gasteiger partial charge >= 0.3 is 17.2 Å². The van der Waals surface area contributed by atoms with Crippen LogP contribution >= 0.6 is 11.6 Å². The van der Waals surface area contributed by atoms with Gasteiger partial charge in [0.15, 0.2) is 5.75 Å². The second kappa shape index (κ2) is 11.8. The Kier molecular flexibility index (Phi) is 8.88. The number of benzene rings is 2. The molecule has 11 nitrogen and oxygen atoms in total. The minimum Gasteiger partial charge on any atom is -0.462 e. The summed E-state index contributed by atoms with van der Waals surface area (Å²) in [5, 5.41) is 18.3. The van der Waals surface area contributed by atoms with Gasteiger partial charge in [-0.05, 0) is 41.8 Å². The number of nitrogens with zero attached hydrogens (tertiary/aromatic N) is 4. The van der Waals surface area contributed by atoms with Crippen LogP contribution in [-0.2, 0) is 16.0 Å². The number of hydrogen-bond acceptors (Lipinski definition) is 9. The Morgan fingerprint density at radius 2 is 2.03 bits per heavy atom. The number of unbranched alkanes of at least 4 members (excludes halogenated alkanes) is 1. The molecule has 2 atom stereocenters. The molecule has 0 spiro atoms. The van der Waals surface area contributed by atoms with Crippen LogP contribution in [0.15, 0.2) is 41.2 Å². The summed E-state index contributed by atoms with van der Waals surface area (Å²) in [6.45, 7) is 4.40. The van der Waals surface area contributed by atoms with Gasteiger partial charge in [0.25, 0.3) is 11.2 Å². The van der Waals surface area contributed by atoms with Crippen molar-refractivity contribution in [1.29, 1.82) is 0 Å². The predicted molar refractivity (Wildman–Crippen MR) is 130 cm³/mol. The number of carbonyl (C=O) groups excluding carboxylic acids is 1. The molecule has 2 aromatic carbocycles. The summed E-state index contributed by atoms with van der Waals surface area (Å²) in [5.74, 6) is -0.619. The number of halogens is 1. The summed E-state index contributed by atoms with van der Waals surface area (Å²) in [4.78, 5) is 35.8. The average Bonchev–Trinajstić information content (AvgIpc) is 2.85. The van der Waals surface area contributed by atoms with Gasteiger partial charge in [0.1, 0.15) is 5.52 Å². The molecule has 0 saturated carbocycles. The molecule has 186 valence electrons. The highest BCUT2D eigenvalue weighted by Gasteiger charge is 2.19. The first-order chi connectivity index (χ1) is 16.7. The molecule has 1 heterocycles. The van der Waals surface area contributed by atoms with E-state index < -0.39 is 27.7 Å². The highest BCUT2D eigenvalue weighted by molar-refractivity contribution is 7.78. The Hall–Kier alpha value is -3.38. The highest BCUT2D eigenvalue weighted by atomic mass is 35.5. The molecule has 0 fully saturated rings. The van der Waals surface area contributed by atoms with Crippen molar-refractivity contribution >= 4 is 45.4 Å². The molecule has 0 radical (unpaired) electrons. The van der Waals surface area contributed by atoms with Gasteiger partial charge < -0.3 is 8.92 Å². The number of non-ortho nitro benzene ring substituents is 1. The van der Waals surface area contributed by atoms with E-state index in [4.69, 9.17) is 20.5 Å². The van der Waals surface area contributed by atoms with E-state index in [0.29, 0.717) is 4.09 Å². The standard InChI is InChI=1S/C22H23ClN4O7S/c1-3-5-6-14(4-2)13-33-22(29)15-7-10-19-17(11-15)21(28)26(25-24-19)35(32)34-20-12-16(27(30)31)8-9-18(20)23/h7-12,14H,3-6,13H2,1-2H3. The van der Waals surface area contributed by atoms with Crippen molar-refractivity contribution in [2.45, 2.75) is 39.5 Å². The van der Waals surface area contributed by atoms with Gasteiger partial charge in [0.05, 0.1) is 33.6 Å². The minimum atomic E-state index is -2.56. The Bertz CT molecular complexity index is 1330. The van der Waals surface area contributed by atoms with Gasteiger partial charge in [-0.2, -0.15) is 4.21 Å². The van der Waals surface area contributed by atoms with Gasteiger partial charge in [-0.3, -0.25) is 14.9 Å². The van der Waals surface area contributed by atoms with E-state index in [2.05, 4.69) is 17.2 Å². The van der Waals surface area contributed by atoms with Crippen LogP contribution in [0.2, 0.25) is 5.02 Å². The summed E-state index contributed by atoms with van der Waals surface area (Å²) in [6.07, 6.45) is 3.94. The SMILES string of the molecule is CCCCC(CC)COC(=O)c1ccc2nnn(S(=O)Oc3cc([N+](=O)[O-])ccc3Cl)c(=O)c2c1. The average molecular weight is 523 g/mol. The van der Waals surface area contributed by atoms with Gasteiger partial charge in [0, 0.05) is 6.07 Å². The molecule has 0 saturated heterocycles. The van der Waals surface area contributed by atoms with Gasteiger partial charge in [-0.15, -0.1) is 5.10 Å². The molecule has 0 amide bonds. The summed E-state index contributed by atoms with van der Waals surface area (Å²) >= 11 is 3.40. The number of fused-ring (bicyclic) bond motifs is 1. The summed E-state index contributed by atoms with van der Waals surface area (Å²) < 4.78 is 23.7. The number of carbonyl (C=O) groups is 1. The molecule has 13 heteroatoms. The van der Waals surface area contributed by atoms with Crippen LogP contribution in [0, 0.1) is 16.0 Å². The van der Waals surface area contributed by atoms with Crippen LogP contribution in [0.4, 0.5) is 5.69 Å². The third-order valence-corrected chi connectivity index (χ3v) is 6.45. The third kappa shape index (κ3) is 6.40. The fourth-order valence-corrected chi connectivity index (χ4v) is 4.10. The Morgan fingerprint density at radius 3 is 2.71 bits per heavy atom. The number of nitro groups is 1. The van der Waals surface area contributed by atoms with E-state index in [1.807, 2.05) is 6.92 Å². The van der Waals surface area contributed by atoms with Crippen LogP contribution in [0.5, 0.6) is 5.75 Å². The lowest BCUT2D eigenvalue weighted by Crippen LogP contribution is -2.29. The Balaban J connectivity index is 1.83. The smallest absolute Gasteiger partial charge is 0.344 e. The van der Waals surface area contributed by atoms with E-state index in [1.54, 1.807) is 0 Å². The number of rotatable bonds is 11. The Morgan fingerprint density at radius 1 is 1.26 bits per heavy atom. The molecule has 0 aliphatic rings. The van der Waals surface area contributed by atoms with Crippen molar-refractivity contribution in [3.05, 3.63) is 67.5 Å². The number of esters is 1. The van der Waals surface area contributed by atoms with Crippen molar-refractivity contribution in [3.8, 4) is 5.75 Å². The molecule has 0 N–H and O–H groups in total. The maximum atomic E-state index is 12.9. The van der Waals surface area contributed by atoms with Gasteiger partial charge in [-0.1, -0.05) is 48.8 Å². The fourth-order valence-electron chi connectivity index (χ4n) is 3.21. The second-order valence-corrected chi connectivity index (χ2v) is 9.04. The lowest BCUT2D eigenvalue weighted by atomic mass is 10.0. The summed E-state index contributed by atoms with van der Waals surface area (Å²) in [6, 6.07) is 7.50. The lowest BCUT2D eigenvalue weighted by molar-refractivity contribution is -0.384. The van der Waals surface area contributed by atoms with Gasteiger partial charge in [-0.25, -0.2) is 4.79 Å². The van der Waals surface area contributed by atoms with E-state index >= 15 is 0 Å². The number of nitro benzene ring substituents is 1. The maximum Gasteiger partial charge on any atom is 0.344 e. The van der Waals surface area contributed by atoms with Crippen molar-refractivity contribution in [3.63, 3.8) is 0 Å².